The van der Waals surface area contributed by atoms with Gasteiger partial charge in [-0.3, -0.25) is 0 Å². The summed E-state index contributed by atoms with van der Waals surface area (Å²) in [6, 6.07) is 15.2. The van der Waals surface area contributed by atoms with Crippen LogP contribution in [0.2, 0.25) is 0 Å². The van der Waals surface area contributed by atoms with E-state index in [9.17, 15) is 0 Å². The van der Waals surface area contributed by atoms with Crippen LogP contribution < -0.4 is 4.57 Å². The fourth-order valence-electron chi connectivity index (χ4n) is 5.83. The van der Waals surface area contributed by atoms with Gasteiger partial charge in [0.15, 0.2) is 11.1 Å². The van der Waals surface area contributed by atoms with Crippen molar-refractivity contribution in [2.24, 2.45) is 7.05 Å². The van der Waals surface area contributed by atoms with Crippen LogP contribution in [-0.2, 0) is 7.05 Å². The van der Waals surface area contributed by atoms with Crippen LogP contribution in [0, 0.1) is 20.8 Å². The summed E-state index contributed by atoms with van der Waals surface area (Å²) in [5, 5.41) is 7.31. The van der Waals surface area contributed by atoms with Gasteiger partial charge in [-0.2, -0.15) is 0 Å². The molecule has 0 atom stereocenters. The first-order valence-corrected chi connectivity index (χ1v) is 13.0. The van der Waals surface area contributed by atoms with Crippen LogP contribution in [0.25, 0.3) is 65.2 Å². The van der Waals surface area contributed by atoms with Gasteiger partial charge in [-0.1, -0.05) is 30.0 Å². The zero-order valence-electron chi connectivity index (χ0n) is 19.2. The number of para-hydroxylation sites is 1. The van der Waals surface area contributed by atoms with Crippen molar-refractivity contribution in [3.63, 3.8) is 0 Å². The van der Waals surface area contributed by atoms with Gasteiger partial charge in [-0.25, -0.2) is 4.57 Å². The average molecular weight is 479 g/mol. The van der Waals surface area contributed by atoms with Crippen LogP contribution in [0.3, 0.4) is 0 Å². The topological polar surface area (TPSA) is 30.2 Å². The maximum Gasteiger partial charge on any atom is 0.223 e. The van der Waals surface area contributed by atoms with Gasteiger partial charge in [0.25, 0.3) is 0 Å². The van der Waals surface area contributed by atoms with E-state index in [4.69, 9.17) is 8.83 Å². The SMILES string of the molecule is Cc1cc2c(oc3c4cc[n+](C)c5c4c(cc23)Sc2c-5c(C)c3oc4ccccc4c3c2C)s1. The fourth-order valence-corrected chi connectivity index (χ4v) is 8.02. The summed E-state index contributed by atoms with van der Waals surface area (Å²) in [6.45, 7) is 6.60. The molecule has 0 bridgehead atoms. The second-order valence-corrected chi connectivity index (χ2v) is 11.6. The van der Waals surface area contributed by atoms with Crippen molar-refractivity contribution in [1.29, 1.82) is 0 Å². The third-order valence-electron chi connectivity index (χ3n) is 7.34. The number of furan rings is 2. The fraction of sp³-hybridized carbons (Fsp3) is 0.138. The van der Waals surface area contributed by atoms with Gasteiger partial charge in [0.2, 0.25) is 5.69 Å². The Hall–Kier alpha value is -3.28. The minimum absolute atomic E-state index is 0.948. The van der Waals surface area contributed by atoms with E-state index in [1.807, 2.05) is 17.8 Å². The van der Waals surface area contributed by atoms with Gasteiger partial charge in [0.05, 0.1) is 10.9 Å². The summed E-state index contributed by atoms with van der Waals surface area (Å²) in [5.74, 6) is 0. The Bertz CT molecular complexity index is 2040. The van der Waals surface area contributed by atoms with Gasteiger partial charge >= 0.3 is 0 Å². The molecule has 164 valence electrons. The van der Waals surface area contributed by atoms with Crippen molar-refractivity contribution >= 4 is 77.1 Å². The molecular weight excluding hydrogens is 458 g/mol. The zero-order chi connectivity index (χ0) is 22.9. The predicted molar refractivity (Wildman–Crippen MR) is 141 cm³/mol. The Kier molecular flexibility index (Phi) is 3.50. The second-order valence-electron chi connectivity index (χ2n) is 9.33. The minimum Gasteiger partial charge on any atom is -0.456 e. The molecule has 4 aromatic heterocycles. The lowest BCUT2D eigenvalue weighted by molar-refractivity contribution is -0.659. The normalized spacial score (nSPS) is 13.2. The predicted octanol–water partition coefficient (Wildman–Crippen LogP) is 8.58. The van der Waals surface area contributed by atoms with Gasteiger partial charge < -0.3 is 8.83 Å². The van der Waals surface area contributed by atoms with Crippen LogP contribution >= 0.6 is 23.1 Å². The quantitative estimate of drug-likeness (QED) is 0.204. The molecule has 0 spiro atoms. The van der Waals surface area contributed by atoms with Crippen LogP contribution in [0.15, 0.2) is 67.3 Å². The van der Waals surface area contributed by atoms with Crippen molar-refractivity contribution < 1.29 is 13.4 Å². The Labute approximate surface area is 203 Å². The zero-order valence-corrected chi connectivity index (χ0v) is 20.8. The van der Waals surface area contributed by atoms with E-state index in [-0.39, 0.29) is 0 Å². The number of nitrogens with zero attached hydrogens (tertiary/aromatic N) is 1. The average Bonchev–Trinajstić information content (AvgIpc) is 3.49. The Morgan fingerprint density at radius 1 is 0.794 bits per heavy atom. The highest BCUT2D eigenvalue weighted by Crippen LogP contribution is 2.54. The summed E-state index contributed by atoms with van der Waals surface area (Å²) < 4.78 is 15.1. The number of hydrogen-bond acceptors (Lipinski definition) is 4. The van der Waals surface area contributed by atoms with Gasteiger partial charge in [0.1, 0.15) is 23.8 Å². The molecule has 5 heterocycles. The summed E-state index contributed by atoms with van der Waals surface area (Å²) in [6.07, 6.45) is 2.17. The largest absolute Gasteiger partial charge is 0.456 e. The Balaban J connectivity index is 1.58. The third kappa shape index (κ3) is 2.18. The molecule has 0 N–H and O–H groups in total. The lowest BCUT2D eigenvalue weighted by Gasteiger charge is -2.22. The number of thiophene rings is 1. The summed E-state index contributed by atoms with van der Waals surface area (Å²) in [7, 11) is 2.14. The van der Waals surface area contributed by atoms with Crippen LogP contribution in [0.1, 0.15) is 16.0 Å². The Morgan fingerprint density at radius 2 is 1.65 bits per heavy atom. The molecule has 0 saturated heterocycles. The first-order valence-electron chi connectivity index (χ1n) is 11.4. The number of aromatic nitrogens is 1. The molecule has 1 aliphatic heterocycles. The maximum atomic E-state index is 6.44. The van der Waals surface area contributed by atoms with Crippen LogP contribution in [-0.4, -0.2) is 0 Å². The summed E-state index contributed by atoms with van der Waals surface area (Å²) in [5.41, 5.74) is 7.93. The van der Waals surface area contributed by atoms with E-state index >= 15 is 0 Å². The first-order chi connectivity index (χ1) is 16.5. The smallest absolute Gasteiger partial charge is 0.223 e. The molecule has 5 heteroatoms. The monoisotopic (exact) mass is 478 g/mol. The molecule has 34 heavy (non-hydrogen) atoms. The Morgan fingerprint density at radius 3 is 2.53 bits per heavy atom. The molecular formula is C29H20NO2S2+. The van der Waals surface area contributed by atoms with Gasteiger partial charge in [-0.15, -0.1) is 11.3 Å². The highest BCUT2D eigenvalue weighted by atomic mass is 32.2. The number of fused-ring (bicyclic) bond motifs is 9. The molecule has 8 rings (SSSR count). The number of pyridine rings is 1. The van der Waals surface area contributed by atoms with Crippen molar-refractivity contribution in [2.45, 2.75) is 30.6 Å². The minimum atomic E-state index is 0.948. The van der Waals surface area contributed by atoms with Crippen molar-refractivity contribution in [3.8, 4) is 11.3 Å². The molecule has 0 unspecified atom stereocenters. The molecule has 3 aromatic carbocycles. The van der Waals surface area contributed by atoms with Crippen molar-refractivity contribution in [2.75, 3.05) is 0 Å². The summed E-state index contributed by atoms with van der Waals surface area (Å²) in [4.78, 5) is 4.91. The molecule has 7 aromatic rings. The molecule has 0 aliphatic carbocycles. The molecule has 0 amide bonds. The van der Waals surface area contributed by atoms with Crippen molar-refractivity contribution in [3.05, 3.63) is 64.7 Å². The van der Waals surface area contributed by atoms with Crippen LogP contribution in [0.4, 0.5) is 0 Å². The molecule has 3 nitrogen and oxygen atoms in total. The molecule has 0 radical (unpaired) electrons. The first kappa shape index (κ1) is 19.1. The lowest BCUT2D eigenvalue weighted by atomic mass is 9.93. The van der Waals surface area contributed by atoms with E-state index in [1.54, 1.807) is 11.3 Å². The third-order valence-corrected chi connectivity index (χ3v) is 9.53. The van der Waals surface area contributed by atoms with Crippen LogP contribution in [0.5, 0.6) is 0 Å². The van der Waals surface area contributed by atoms with E-state index in [1.165, 1.54) is 69.4 Å². The standard InChI is InChI=1S/C29H20NO2S2/c1-13-11-19-18-12-21-24-17(27(18)32-29(19)33-13)9-10-30(4)25(24)23-14(2)26-22(15(3)28(23)34-21)16-7-5-6-8-20(16)31-26/h5-12H,1-4H3/q+1. The van der Waals surface area contributed by atoms with Gasteiger partial charge in [-0.05, 0) is 44.5 Å². The van der Waals surface area contributed by atoms with E-state index in [0.717, 1.165) is 21.6 Å². The van der Waals surface area contributed by atoms with E-state index < -0.39 is 0 Å². The molecule has 1 aliphatic rings. The second kappa shape index (κ2) is 6.23. The maximum absolute atomic E-state index is 6.44. The number of rotatable bonds is 0. The van der Waals surface area contributed by atoms with E-state index in [2.05, 4.69) is 75.0 Å². The number of benzene rings is 3. The van der Waals surface area contributed by atoms with E-state index in [0.29, 0.717) is 0 Å². The number of aryl methyl sites for hydroxylation is 4. The number of hydrogen-bond donors (Lipinski definition) is 0. The highest BCUT2D eigenvalue weighted by molar-refractivity contribution is 8.00. The highest BCUT2D eigenvalue weighted by Gasteiger charge is 2.33. The van der Waals surface area contributed by atoms with Gasteiger partial charge in [0, 0.05) is 53.2 Å². The molecule has 0 fully saturated rings. The van der Waals surface area contributed by atoms with Crippen molar-refractivity contribution in [1.82, 2.24) is 0 Å². The summed E-state index contributed by atoms with van der Waals surface area (Å²) >= 11 is 3.62. The molecule has 0 saturated carbocycles. The lowest BCUT2D eigenvalue weighted by Crippen LogP contribution is -2.31.